The van der Waals surface area contributed by atoms with E-state index in [1.807, 2.05) is 6.92 Å². The van der Waals surface area contributed by atoms with Crippen molar-refractivity contribution in [2.24, 2.45) is 5.92 Å². The summed E-state index contributed by atoms with van der Waals surface area (Å²) < 4.78 is 56.3. The topological polar surface area (TPSA) is 113 Å². The standard InChI is InChI=1S/C17H27N3O6S2/c1-12-10-19(2)17(21)9-13-8-14(18-27(4,22)23)6-7-15(13)26-16(12)11-20(3)28(5,24)25/h6-8,12,16,18H,9-11H2,1-5H3/t12-,16-/m0/s1. The minimum Gasteiger partial charge on any atom is -0.488 e. The Hall–Kier alpha value is -1.85. The van der Waals surface area contributed by atoms with Gasteiger partial charge in [0.05, 0.1) is 25.5 Å². The van der Waals surface area contributed by atoms with E-state index in [4.69, 9.17) is 4.74 Å². The van der Waals surface area contributed by atoms with E-state index in [1.54, 1.807) is 30.1 Å². The van der Waals surface area contributed by atoms with Crippen molar-refractivity contribution in [1.82, 2.24) is 9.21 Å². The van der Waals surface area contributed by atoms with E-state index in [-0.39, 0.29) is 24.8 Å². The number of sulfonamides is 2. The number of benzene rings is 1. The lowest BCUT2D eigenvalue weighted by Gasteiger charge is -2.30. The molecule has 0 aromatic heterocycles. The molecule has 0 aliphatic carbocycles. The van der Waals surface area contributed by atoms with Gasteiger partial charge in [-0.25, -0.2) is 21.1 Å². The van der Waals surface area contributed by atoms with E-state index >= 15 is 0 Å². The second kappa shape index (κ2) is 8.26. The highest BCUT2D eigenvalue weighted by atomic mass is 32.2. The molecule has 11 heteroatoms. The van der Waals surface area contributed by atoms with Crippen LogP contribution in [0.15, 0.2) is 18.2 Å². The molecule has 0 spiro atoms. The lowest BCUT2D eigenvalue weighted by molar-refractivity contribution is -0.129. The number of nitrogens with one attached hydrogen (secondary N) is 1. The van der Waals surface area contributed by atoms with Crippen LogP contribution in [0.25, 0.3) is 0 Å². The molecule has 158 valence electrons. The van der Waals surface area contributed by atoms with Crippen molar-refractivity contribution >= 4 is 31.6 Å². The van der Waals surface area contributed by atoms with Crippen LogP contribution in [0.2, 0.25) is 0 Å². The molecular formula is C17H27N3O6S2. The summed E-state index contributed by atoms with van der Waals surface area (Å²) in [5, 5.41) is 0. The average molecular weight is 434 g/mol. The average Bonchev–Trinajstić information content (AvgIpc) is 2.56. The molecule has 0 radical (unpaired) electrons. The van der Waals surface area contributed by atoms with Crippen molar-refractivity contribution in [3.05, 3.63) is 23.8 Å². The van der Waals surface area contributed by atoms with Gasteiger partial charge in [-0.2, -0.15) is 0 Å². The van der Waals surface area contributed by atoms with Gasteiger partial charge < -0.3 is 9.64 Å². The van der Waals surface area contributed by atoms with Crippen molar-refractivity contribution in [3.8, 4) is 5.75 Å². The maximum atomic E-state index is 12.5. The molecule has 0 bridgehead atoms. The van der Waals surface area contributed by atoms with E-state index < -0.39 is 26.2 Å². The molecule has 28 heavy (non-hydrogen) atoms. The predicted octanol–water partition coefficient (Wildman–Crippen LogP) is 0.348. The summed E-state index contributed by atoms with van der Waals surface area (Å²) in [7, 11) is -3.69. The first kappa shape index (κ1) is 22.4. The van der Waals surface area contributed by atoms with Crippen LogP contribution >= 0.6 is 0 Å². The SMILES string of the molecule is C[C@H]1CN(C)C(=O)Cc2cc(NS(C)(=O)=O)ccc2O[C@H]1CN(C)S(C)(=O)=O. The summed E-state index contributed by atoms with van der Waals surface area (Å²) in [6.45, 7) is 2.43. The number of carbonyl (C=O) groups excluding carboxylic acids is 1. The van der Waals surface area contributed by atoms with E-state index in [1.165, 1.54) is 11.4 Å². The molecule has 1 N–H and O–H groups in total. The summed E-state index contributed by atoms with van der Waals surface area (Å²) in [5.41, 5.74) is 0.865. The van der Waals surface area contributed by atoms with Gasteiger partial charge in [-0.3, -0.25) is 9.52 Å². The van der Waals surface area contributed by atoms with Gasteiger partial charge >= 0.3 is 0 Å². The highest BCUT2D eigenvalue weighted by Crippen LogP contribution is 2.28. The van der Waals surface area contributed by atoms with Gasteiger partial charge in [-0.15, -0.1) is 0 Å². The smallest absolute Gasteiger partial charge is 0.229 e. The number of hydrogen-bond donors (Lipinski definition) is 1. The summed E-state index contributed by atoms with van der Waals surface area (Å²) in [6.07, 6.45) is 1.73. The molecule has 2 atom stereocenters. The van der Waals surface area contributed by atoms with Crippen LogP contribution in [0, 0.1) is 5.92 Å². The Morgan fingerprint density at radius 2 is 1.89 bits per heavy atom. The summed E-state index contributed by atoms with van der Waals surface area (Å²) >= 11 is 0. The fourth-order valence-electron chi connectivity index (χ4n) is 2.94. The third-order valence-corrected chi connectivity index (χ3v) is 6.50. The summed E-state index contributed by atoms with van der Waals surface area (Å²) in [5.74, 6) is 0.171. The summed E-state index contributed by atoms with van der Waals surface area (Å²) in [4.78, 5) is 14.1. The number of fused-ring (bicyclic) bond motifs is 1. The second-order valence-electron chi connectivity index (χ2n) is 7.32. The zero-order valence-corrected chi connectivity index (χ0v) is 18.3. The van der Waals surface area contributed by atoms with Gasteiger partial charge in [-0.1, -0.05) is 6.92 Å². The molecule has 1 aromatic carbocycles. The van der Waals surface area contributed by atoms with Crippen LogP contribution < -0.4 is 9.46 Å². The van der Waals surface area contributed by atoms with Crippen molar-refractivity contribution in [2.45, 2.75) is 19.4 Å². The minimum absolute atomic E-state index is 0.0481. The Bertz CT molecular complexity index is 946. The highest BCUT2D eigenvalue weighted by Gasteiger charge is 2.29. The molecule has 0 fully saturated rings. The molecular weight excluding hydrogens is 406 g/mol. The normalized spacial score (nSPS) is 21.4. The van der Waals surface area contributed by atoms with Crippen molar-refractivity contribution in [1.29, 1.82) is 0 Å². The van der Waals surface area contributed by atoms with E-state index in [0.29, 0.717) is 23.5 Å². The Balaban J connectivity index is 2.42. The Labute approximate surface area is 166 Å². The quantitative estimate of drug-likeness (QED) is 0.717. The van der Waals surface area contributed by atoms with Gasteiger partial charge in [0.15, 0.2) is 0 Å². The fraction of sp³-hybridized carbons (Fsp3) is 0.588. The number of carbonyl (C=O) groups is 1. The number of likely N-dealkylation sites (N-methyl/N-ethyl adjacent to an activating group) is 2. The second-order valence-corrected chi connectivity index (χ2v) is 11.2. The van der Waals surface area contributed by atoms with Gasteiger partial charge in [0.25, 0.3) is 0 Å². The Morgan fingerprint density at radius 3 is 2.46 bits per heavy atom. The highest BCUT2D eigenvalue weighted by molar-refractivity contribution is 7.92. The summed E-state index contributed by atoms with van der Waals surface area (Å²) in [6, 6.07) is 4.71. The lowest BCUT2D eigenvalue weighted by atomic mass is 10.0. The van der Waals surface area contributed by atoms with Crippen LogP contribution in [-0.2, 0) is 31.3 Å². The zero-order chi connectivity index (χ0) is 21.3. The molecule has 1 aromatic rings. The molecule has 1 aliphatic rings. The first-order chi connectivity index (χ1) is 12.8. The first-order valence-corrected chi connectivity index (χ1v) is 12.4. The van der Waals surface area contributed by atoms with Crippen LogP contribution in [0.4, 0.5) is 5.69 Å². The van der Waals surface area contributed by atoms with Crippen molar-refractivity contribution < 1.29 is 26.4 Å². The molecule has 0 saturated heterocycles. The maximum absolute atomic E-state index is 12.5. The minimum atomic E-state index is -3.46. The Kier molecular flexibility index (Phi) is 6.62. The van der Waals surface area contributed by atoms with E-state index in [0.717, 1.165) is 12.5 Å². The van der Waals surface area contributed by atoms with Crippen LogP contribution in [0.3, 0.4) is 0 Å². The molecule has 1 amide bonds. The van der Waals surface area contributed by atoms with Gasteiger partial charge in [0.2, 0.25) is 26.0 Å². The number of ether oxygens (including phenoxy) is 1. The molecule has 1 heterocycles. The number of rotatable bonds is 5. The molecule has 0 saturated carbocycles. The zero-order valence-electron chi connectivity index (χ0n) is 16.7. The van der Waals surface area contributed by atoms with Gasteiger partial charge in [0, 0.05) is 37.8 Å². The van der Waals surface area contributed by atoms with Crippen LogP contribution in [-0.4, -0.2) is 77.7 Å². The maximum Gasteiger partial charge on any atom is 0.229 e. The molecule has 9 nitrogen and oxygen atoms in total. The van der Waals surface area contributed by atoms with Crippen molar-refractivity contribution in [2.75, 3.05) is 44.4 Å². The van der Waals surface area contributed by atoms with E-state index in [9.17, 15) is 21.6 Å². The molecule has 2 rings (SSSR count). The van der Waals surface area contributed by atoms with E-state index in [2.05, 4.69) is 4.72 Å². The predicted molar refractivity (Wildman–Crippen MR) is 107 cm³/mol. The Morgan fingerprint density at radius 1 is 1.25 bits per heavy atom. The number of anilines is 1. The fourth-order valence-corrected chi connectivity index (χ4v) is 3.92. The molecule has 0 unspecified atom stereocenters. The number of amides is 1. The molecule has 1 aliphatic heterocycles. The largest absolute Gasteiger partial charge is 0.488 e. The number of nitrogens with zero attached hydrogens (tertiary/aromatic N) is 2. The number of hydrogen-bond acceptors (Lipinski definition) is 6. The third-order valence-electron chi connectivity index (χ3n) is 4.61. The monoisotopic (exact) mass is 433 g/mol. The van der Waals surface area contributed by atoms with Crippen LogP contribution in [0.5, 0.6) is 5.75 Å². The van der Waals surface area contributed by atoms with Gasteiger partial charge in [-0.05, 0) is 18.2 Å². The lowest BCUT2D eigenvalue weighted by Crippen LogP contribution is -2.43. The third kappa shape index (κ3) is 6.08. The van der Waals surface area contributed by atoms with Crippen molar-refractivity contribution in [3.63, 3.8) is 0 Å². The van der Waals surface area contributed by atoms with Crippen LogP contribution in [0.1, 0.15) is 12.5 Å². The van der Waals surface area contributed by atoms with Gasteiger partial charge in [0.1, 0.15) is 11.9 Å². The first-order valence-electron chi connectivity index (χ1n) is 8.69.